The number of unbranched alkanes of at least 4 members (excludes halogenated alkanes) is 4. The average molecular weight is 589 g/mol. The highest BCUT2D eigenvalue weighted by Gasteiger charge is 2.78. The third-order valence-corrected chi connectivity index (χ3v) is 9.49. The molecule has 8 heteroatoms. The lowest BCUT2D eigenvalue weighted by Gasteiger charge is -2.37. The lowest BCUT2D eigenvalue weighted by atomic mass is 9.66. The van der Waals surface area contributed by atoms with Crippen LogP contribution in [0.1, 0.15) is 58.3 Å². The molecule has 2 amide bonds. The number of benzene rings is 2. The minimum Gasteiger partial charge on any atom is -0.465 e. The molecule has 0 aliphatic carbocycles. The number of hydrogen-bond acceptors (Lipinski definition) is 6. The first kappa shape index (κ1) is 31.0. The molecule has 2 aromatic carbocycles. The predicted octanol–water partition coefficient (Wildman–Crippen LogP) is 5.19. The lowest BCUT2D eigenvalue weighted by Crippen LogP contribution is -2.56. The van der Waals surface area contributed by atoms with Crippen molar-refractivity contribution in [2.24, 2.45) is 11.8 Å². The van der Waals surface area contributed by atoms with Crippen molar-refractivity contribution in [1.29, 1.82) is 0 Å². The summed E-state index contributed by atoms with van der Waals surface area (Å²) in [5, 5.41) is 11.3. The number of rotatable bonds is 15. The van der Waals surface area contributed by atoms with Crippen molar-refractivity contribution in [3.05, 3.63) is 67.8 Å². The number of fused-ring (bicyclic) bond motifs is 2. The number of carbonyl (C=O) groups is 3. The van der Waals surface area contributed by atoms with E-state index < -0.39 is 35.0 Å². The molecule has 5 rings (SSSR count). The third-order valence-electron chi connectivity index (χ3n) is 9.49. The van der Waals surface area contributed by atoms with Crippen molar-refractivity contribution < 1.29 is 29.0 Å². The van der Waals surface area contributed by atoms with Crippen LogP contribution in [-0.2, 0) is 23.9 Å². The Bertz CT molecular complexity index is 1380. The minimum atomic E-state index is -1.12. The van der Waals surface area contributed by atoms with E-state index in [1.54, 1.807) is 22.0 Å². The van der Waals surface area contributed by atoms with Gasteiger partial charge in [0.25, 0.3) is 5.91 Å². The van der Waals surface area contributed by atoms with E-state index in [1.165, 1.54) is 0 Å². The SMILES string of the molecule is C=CCCCOC(=O)[C@@H]1[C@H]2C(=O)N(CCCCCCO)C(C(=O)N(CC=C)c3ccc4ccccc4c3)C23CC[C@@]1(C)O3. The van der Waals surface area contributed by atoms with Crippen LogP contribution in [-0.4, -0.2) is 71.3 Å². The molecule has 2 bridgehead atoms. The number of aliphatic hydroxyl groups is 1. The molecule has 3 heterocycles. The number of nitrogens with zero attached hydrogens (tertiary/aromatic N) is 2. The molecule has 0 radical (unpaired) electrons. The molecular weight excluding hydrogens is 544 g/mol. The molecule has 3 aliphatic heterocycles. The van der Waals surface area contributed by atoms with E-state index in [4.69, 9.17) is 9.47 Å². The number of anilines is 1. The molecule has 2 aromatic rings. The van der Waals surface area contributed by atoms with E-state index in [9.17, 15) is 19.5 Å². The fraction of sp³-hybridized carbons (Fsp3) is 0.514. The van der Waals surface area contributed by atoms with E-state index in [1.807, 2.05) is 49.4 Å². The van der Waals surface area contributed by atoms with Gasteiger partial charge in [0.05, 0.1) is 18.1 Å². The standard InChI is InChI=1S/C35H44N2O6/c1-4-6-13-23-42-33(41)29-28-31(39)37(21-11-7-8-12-22-38)30(35(28)19-18-34(29,3)43-35)32(40)36(20-5-2)27-17-16-25-14-9-10-15-26(25)24-27/h4-5,9-10,14-17,24,28-30,38H,1-2,6-8,11-13,18-23H2,3H3/t28-,29-,30?,34+,35?/m0/s1. The van der Waals surface area contributed by atoms with Crippen molar-refractivity contribution in [2.75, 3.05) is 31.2 Å². The monoisotopic (exact) mass is 588 g/mol. The molecule has 2 unspecified atom stereocenters. The van der Waals surface area contributed by atoms with Gasteiger partial charge in [0.2, 0.25) is 5.91 Å². The van der Waals surface area contributed by atoms with Crippen LogP contribution in [0.15, 0.2) is 67.8 Å². The Morgan fingerprint density at radius 3 is 2.58 bits per heavy atom. The second-order valence-corrected chi connectivity index (χ2v) is 12.3. The Hall–Kier alpha value is -3.49. The number of allylic oxidation sites excluding steroid dienone is 1. The number of likely N-dealkylation sites (tertiary alicyclic amines) is 1. The lowest BCUT2D eigenvalue weighted by molar-refractivity contribution is -0.159. The van der Waals surface area contributed by atoms with Gasteiger partial charge in [-0.3, -0.25) is 14.4 Å². The molecule has 3 fully saturated rings. The zero-order valence-corrected chi connectivity index (χ0v) is 25.2. The summed E-state index contributed by atoms with van der Waals surface area (Å²) in [4.78, 5) is 46.0. The van der Waals surface area contributed by atoms with Crippen LogP contribution >= 0.6 is 0 Å². The zero-order valence-electron chi connectivity index (χ0n) is 25.2. The van der Waals surface area contributed by atoms with Crippen LogP contribution in [0.2, 0.25) is 0 Å². The fourth-order valence-corrected chi connectivity index (χ4v) is 7.48. The first-order chi connectivity index (χ1) is 20.8. The van der Waals surface area contributed by atoms with Crippen molar-refractivity contribution in [2.45, 2.75) is 75.5 Å². The summed E-state index contributed by atoms with van der Waals surface area (Å²) in [5.41, 5.74) is -1.28. The zero-order chi connectivity index (χ0) is 30.6. The molecule has 1 spiro atoms. The quantitative estimate of drug-likeness (QED) is 0.175. The second-order valence-electron chi connectivity index (χ2n) is 12.3. The Kier molecular flexibility index (Phi) is 9.37. The fourth-order valence-electron chi connectivity index (χ4n) is 7.48. The summed E-state index contributed by atoms with van der Waals surface area (Å²) in [5.74, 6) is -2.44. The van der Waals surface area contributed by atoms with Crippen LogP contribution in [0.25, 0.3) is 10.8 Å². The van der Waals surface area contributed by atoms with E-state index in [2.05, 4.69) is 13.2 Å². The maximum absolute atomic E-state index is 14.8. The van der Waals surface area contributed by atoms with Gasteiger partial charge in [0.15, 0.2) is 0 Å². The van der Waals surface area contributed by atoms with Crippen LogP contribution in [0.3, 0.4) is 0 Å². The molecule has 8 nitrogen and oxygen atoms in total. The first-order valence-electron chi connectivity index (χ1n) is 15.6. The van der Waals surface area contributed by atoms with Gasteiger partial charge in [0, 0.05) is 25.4 Å². The highest BCUT2D eigenvalue weighted by molar-refractivity contribution is 6.05. The van der Waals surface area contributed by atoms with E-state index in [0.717, 1.165) is 35.7 Å². The summed E-state index contributed by atoms with van der Waals surface area (Å²) in [7, 11) is 0. The van der Waals surface area contributed by atoms with Gasteiger partial charge in [-0.05, 0) is 68.4 Å². The Balaban J connectivity index is 1.50. The van der Waals surface area contributed by atoms with E-state index in [0.29, 0.717) is 38.6 Å². The van der Waals surface area contributed by atoms with Gasteiger partial charge in [-0.15, -0.1) is 13.2 Å². The third kappa shape index (κ3) is 5.63. The number of carbonyl (C=O) groups excluding carboxylic acids is 3. The summed E-state index contributed by atoms with van der Waals surface area (Å²) in [6, 6.07) is 13.0. The first-order valence-corrected chi connectivity index (χ1v) is 15.6. The summed E-state index contributed by atoms with van der Waals surface area (Å²) in [6.07, 6.45) is 8.96. The van der Waals surface area contributed by atoms with Gasteiger partial charge in [-0.1, -0.05) is 55.3 Å². The van der Waals surface area contributed by atoms with Crippen molar-refractivity contribution in [3.8, 4) is 0 Å². The van der Waals surface area contributed by atoms with E-state index >= 15 is 0 Å². The van der Waals surface area contributed by atoms with Crippen LogP contribution in [0, 0.1) is 11.8 Å². The highest BCUT2D eigenvalue weighted by atomic mass is 16.6. The van der Waals surface area contributed by atoms with Crippen molar-refractivity contribution in [3.63, 3.8) is 0 Å². The van der Waals surface area contributed by atoms with Gasteiger partial charge in [0.1, 0.15) is 17.6 Å². The summed E-state index contributed by atoms with van der Waals surface area (Å²) >= 11 is 0. The number of aliphatic hydroxyl groups excluding tert-OH is 1. The van der Waals surface area contributed by atoms with Crippen LogP contribution in [0.4, 0.5) is 5.69 Å². The van der Waals surface area contributed by atoms with Gasteiger partial charge in [-0.25, -0.2) is 0 Å². The molecule has 1 N–H and O–H groups in total. The average Bonchev–Trinajstić information content (AvgIpc) is 3.58. The molecule has 3 saturated heterocycles. The molecular formula is C35H44N2O6. The molecule has 43 heavy (non-hydrogen) atoms. The number of amides is 2. The van der Waals surface area contributed by atoms with Crippen molar-refractivity contribution >= 4 is 34.2 Å². The maximum Gasteiger partial charge on any atom is 0.312 e. The second kappa shape index (κ2) is 13.0. The topological polar surface area (TPSA) is 96.4 Å². The predicted molar refractivity (Wildman–Crippen MR) is 166 cm³/mol. The van der Waals surface area contributed by atoms with Gasteiger partial charge >= 0.3 is 5.97 Å². The molecule has 5 atom stereocenters. The number of hydrogen-bond donors (Lipinski definition) is 1. The Morgan fingerprint density at radius 2 is 1.84 bits per heavy atom. The van der Waals surface area contributed by atoms with Crippen LogP contribution < -0.4 is 4.90 Å². The Labute approximate surface area is 254 Å². The summed E-state index contributed by atoms with van der Waals surface area (Å²) < 4.78 is 12.4. The largest absolute Gasteiger partial charge is 0.465 e. The summed E-state index contributed by atoms with van der Waals surface area (Å²) in [6.45, 7) is 10.5. The minimum absolute atomic E-state index is 0.125. The van der Waals surface area contributed by atoms with Gasteiger partial charge < -0.3 is 24.4 Å². The Morgan fingerprint density at radius 1 is 1.07 bits per heavy atom. The van der Waals surface area contributed by atoms with Crippen molar-refractivity contribution in [1.82, 2.24) is 4.90 Å². The van der Waals surface area contributed by atoms with Crippen LogP contribution in [0.5, 0.6) is 0 Å². The molecule has 230 valence electrons. The number of esters is 1. The maximum atomic E-state index is 14.8. The highest BCUT2D eigenvalue weighted by Crippen LogP contribution is 2.63. The normalized spacial score (nSPS) is 27.3. The van der Waals surface area contributed by atoms with E-state index in [-0.39, 0.29) is 31.6 Å². The molecule has 0 saturated carbocycles. The van der Waals surface area contributed by atoms with Gasteiger partial charge in [-0.2, -0.15) is 0 Å². The number of ether oxygens (including phenoxy) is 2. The smallest absolute Gasteiger partial charge is 0.312 e. The molecule has 0 aromatic heterocycles. The molecule has 3 aliphatic rings.